The first-order valence-corrected chi connectivity index (χ1v) is 11.4. The number of amides is 2. The van der Waals surface area contributed by atoms with Crippen LogP contribution in [0.2, 0.25) is 0 Å². The monoisotopic (exact) mass is 417 g/mol. The number of hydrogen-bond acceptors (Lipinski definition) is 6. The first-order valence-electron chi connectivity index (χ1n) is 10.6. The third-order valence-electron chi connectivity index (χ3n) is 6.17. The average Bonchev–Trinajstić information content (AvgIpc) is 3.61. The minimum Gasteiger partial charge on any atom is -0.352 e. The van der Waals surface area contributed by atoms with Crippen LogP contribution in [0.5, 0.6) is 0 Å². The molecule has 1 aliphatic heterocycles. The Morgan fingerprint density at radius 3 is 2.69 bits per heavy atom. The molecule has 0 spiro atoms. The molecule has 2 N–H and O–H groups in total. The van der Waals surface area contributed by atoms with Crippen molar-refractivity contribution in [3.8, 4) is 0 Å². The normalized spacial score (nSPS) is 23.2. The summed E-state index contributed by atoms with van der Waals surface area (Å²) in [5.41, 5.74) is 2.52. The topological polar surface area (TPSA) is 96.9 Å². The van der Waals surface area contributed by atoms with E-state index in [-0.39, 0.29) is 31.5 Å². The molecule has 0 saturated heterocycles. The highest BCUT2D eigenvalue weighted by molar-refractivity contribution is 7.17. The second kappa shape index (κ2) is 7.55. The first kappa shape index (κ1) is 18.8. The molecule has 5 rings (SSSR count). The molecule has 1 aromatic heterocycles. The Balaban J connectivity index is 0.00000218. The lowest BCUT2D eigenvalue weighted by atomic mass is 9.83. The molecule has 1 unspecified atom stereocenters. The Hall–Kier alpha value is -2.22. The van der Waals surface area contributed by atoms with E-state index in [0.29, 0.717) is 35.4 Å². The van der Waals surface area contributed by atoms with Gasteiger partial charge in [-0.15, -0.1) is 11.3 Å². The SMILES string of the molecule is O=C1CC(CC2CCc3sc(NC(=O)C4CC4)c(C(=O)NCC4CC4)c3C2)=NO1.[HH]. The number of rotatable bonds is 7. The maximum Gasteiger partial charge on any atom is 0.340 e. The Morgan fingerprint density at radius 1 is 1.17 bits per heavy atom. The summed E-state index contributed by atoms with van der Waals surface area (Å²) in [6, 6.07) is 0. The summed E-state index contributed by atoms with van der Waals surface area (Å²) >= 11 is 1.56. The van der Waals surface area contributed by atoms with E-state index >= 15 is 0 Å². The lowest BCUT2D eigenvalue weighted by molar-refractivity contribution is -0.140. The van der Waals surface area contributed by atoms with Crippen molar-refractivity contribution in [3.05, 3.63) is 16.0 Å². The molecular weight excluding hydrogens is 390 g/mol. The van der Waals surface area contributed by atoms with Crippen LogP contribution in [-0.4, -0.2) is 30.0 Å². The van der Waals surface area contributed by atoms with Crippen molar-refractivity contribution >= 4 is 39.8 Å². The van der Waals surface area contributed by atoms with Gasteiger partial charge in [0, 0.05) is 18.8 Å². The zero-order valence-corrected chi connectivity index (χ0v) is 17.1. The number of oxime groups is 1. The van der Waals surface area contributed by atoms with Crippen LogP contribution in [0.25, 0.3) is 0 Å². The van der Waals surface area contributed by atoms with E-state index in [0.717, 1.165) is 43.4 Å². The second-order valence-electron chi connectivity index (χ2n) is 8.74. The van der Waals surface area contributed by atoms with Crippen molar-refractivity contribution < 1.29 is 20.6 Å². The molecule has 2 amide bonds. The second-order valence-corrected chi connectivity index (χ2v) is 9.84. The van der Waals surface area contributed by atoms with Gasteiger partial charge in [-0.05, 0) is 68.8 Å². The van der Waals surface area contributed by atoms with Gasteiger partial charge in [0.2, 0.25) is 5.91 Å². The van der Waals surface area contributed by atoms with E-state index in [2.05, 4.69) is 15.8 Å². The number of aryl methyl sites for hydroxylation is 1. The summed E-state index contributed by atoms with van der Waals surface area (Å²) in [5, 5.41) is 10.7. The number of thiophene rings is 1. The molecule has 0 bridgehead atoms. The first-order chi connectivity index (χ1) is 14.1. The van der Waals surface area contributed by atoms with Crippen molar-refractivity contribution in [1.29, 1.82) is 0 Å². The molecule has 8 heteroatoms. The zero-order valence-electron chi connectivity index (χ0n) is 16.3. The number of nitrogens with one attached hydrogen (secondary N) is 2. The molecular formula is C21H27N3O4S. The van der Waals surface area contributed by atoms with Crippen LogP contribution < -0.4 is 10.6 Å². The predicted molar refractivity (Wildman–Crippen MR) is 111 cm³/mol. The number of hydrogen-bond donors (Lipinski definition) is 2. The van der Waals surface area contributed by atoms with Gasteiger partial charge < -0.3 is 15.5 Å². The molecule has 0 radical (unpaired) electrons. The van der Waals surface area contributed by atoms with Gasteiger partial charge in [-0.3, -0.25) is 9.59 Å². The molecule has 0 aromatic carbocycles. The molecule has 156 valence electrons. The third-order valence-corrected chi connectivity index (χ3v) is 7.38. The minimum atomic E-state index is -0.294. The van der Waals surface area contributed by atoms with Crippen molar-refractivity contribution in [3.63, 3.8) is 0 Å². The van der Waals surface area contributed by atoms with Crippen LogP contribution >= 0.6 is 11.3 Å². The van der Waals surface area contributed by atoms with Crippen molar-refractivity contribution in [2.75, 3.05) is 11.9 Å². The molecule has 1 atom stereocenters. The van der Waals surface area contributed by atoms with Gasteiger partial charge in [-0.25, -0.2) is 4.79 Å². The van der Waals surface area contributed by atoms with E-state index in [1.165, 1.54) is 17.7 Å². The standard InChI is InChI=1S/C21H25N3O4S.H2/c25-17-9-14(24-28-17)7-12-3-6-16-15(8-12)18(20(27)22-10-11-1-2-11)21(29-16)23-19(26)13-4-5-13;/h11-13H,1-10H2,(H,22,27)(H,23,26);1H. The van der Waals surface area contributed by atoms with Gasteiger partial charge in [-0.2, -0.15) is 0 Å². The molecule has 2 heterocycles. The summed E-state index contributed by atoms with van der Waals surface area (Å²) in [7, 11) is 0. The lowest BCUT2D eigenvalue weighted by Crippen LogP contribution is -2.28. The predicted octanol–water partition coefficient (Wildman–Crippen LogP) is 3.28. The average molecular weight is 418 g/mol. The van der Waals surface area contributed by atoms with Gasteiger partial charge in [0.25, 0.3) is 5.91 Å². The fourth-order valence-electron chi connectivity index (χ4n) is 4.15. The van der Waals surface area contributed by atoms with E-state index in [4.69, 9.17) is 4.84 Å². The highest BCUT2D eigenvalue weighted by Gasteiger charge is 2.35. The van der Waals surface area contributed by atoms with E-state index in [1.807, 2.05) is 0 Å². The van der Waals surface area contributed by atoms with Crippen LogP contribution in [0.15, 0.2) is 5.16 Å². The Kier molecular flexibility index (Phi) is 4.89. The summed E-state index contributed by atoms with van der Waals surface area (Å²) in [6.45, 7) is 0.707. The van der Waals surface area contributed by atoms with E-state index in [9.17, 15) is 14.4 Å². The Labute approximate surface area is 174 Å². The summed E-state index contributed by atoms with van der Waals surface area (Å²) in [6.07, 6.45) is 7.85. The van der Waals surface area contributed by atoms with Gasteiger partial charge in [-0.1, -0.05) is 5.16 Å². The van der Waals surface area contributed by atoms with Crippen molar-refractivity contribution in [2.45, 2.75) is 57.8 Å². The molecule has 29 heavy (non-hydrogen) atoms. The molecule has 2 saturated carbocycles. The highest BCUT2D eigenvalue weighted by Crippen LogP contribution is 2.42. The lowest BCUT2D eigenvalue weighted by Gasteiger charge is -2.22. The number of nitrogens with zero attached hydrogens (tertiary/aromatic N) is 1. The fraction of sp³-hybridized carbons (Fsp3) is 0.619. The fourth-order valence-corrected chi connectivity index (χ4v) is 5.40. The van der Waals surface area contributed by atoms with E-state index < -0.39 is 0 Å². The van der Waals surface area contributed by atoms with Crippen molar-refractivity contribution in [1.82, 2.24) is 5.32 Å². The van der Waals surface area contributed by atoms with Gasteiger partial charge >= 0.3 is 5.97 Å². The number of anilines is 1. The Bertz CT molecular complexity index is 904. The van der Waals surface area contributed by atoms with Crippen LogP contribution in [0.3, 0.4) is 0 Å². The summed E-state index contributed by atoms with van der Waals surface area (Å²) in [5.74, 6) is 0.695. The summed E-state index contributed by atoms with van der Waals surface area (Å²) < 4.78 is 0. The summed E-state index contributed by atoms with van der Waals surface area (Å²) in [4.78, 5) is 42.6. The molecule has 2 fully saturated rings. The largest absolute Gasteiger partial charge is 0.352 e. The van der Waals surface area contributed by atoms with Crippen LogP contribution in [0.1, 0.15) is 67.2 Å². The van der Waals surface area contributed by atoms with Crippen LogP contribution in [0, 0.1) is 17.8 Å². The number of carbonyl (C=O) groups is 3. The van der Waals surface area contributed by atoms with Crippen LogP contribution in [-0.2, 0) is 27.3 Å². The molecule has 7 nitrogen and oxygen atoms in total. The molecule has 4 aliphatic rings. The quantitative estimate of drug-likeness (QED) is 0.666. The van der Waals surface area contributed by atoms with E-state index in [1.54, 1.807) is 11.3 Å². The zero-order chi connectivity index (χ0) is 20.0. The smallest absolute Gasteiger partial charge is 0.340 e. The number of carbonyl (C=O) groups excluding carboxylic acids is 3. The van der Waals surface area contributed by atoms with Gasteiger partial charge in [0.15, 0.2) is 0 Å². The Morgan fingerprint density at radius 2 is 2.00 bits per heavy atom. The highest BCUT2D eigenvalue weighted by atomic mass is 32.1. The number of fused-ring (bicyclic) bond motifs is 1. The van der Waals surface area contributed by atoms with Crippen molar-refractivity contribution in [2.24, 2.45) is 22.9 Å². The molecule has 3 aliphatic carbocycles. The van der Waals surface area contributed by atoms with Crippen LogP contribution in [0.4, 0.5) is 5.00 Å². The molecule has 1 aromatic rings. The minimum absolute atomic E-state index is 0. The van der Waals surface area contributed by atoms with Gasteiger partial charge in [0.05, 0.1) is 17.7 Å². The third kappa shape index (κ3) is 4.22. The maximum atomic E-state index is 13.0. The van der Waals surface area contributed by atoms with Gasteiger partial charge in [0.1, 0.15) is 5.00 Å². The maximum absolute atomic E-state index is 13.0.